The topological polar surface area (TPSA) is 118 Å². The van der Waals surface area contributed by atoms with Crippen LogP contribution in [0.2, 0.25) is 0 Å². The number of nitrogens with two attached hydrogens (primary N) is 1. The lowest BCUT2D eigenvalue weighted by Crippen LogP contribution is -2.07. The molecule has 0 saturated heterocycles. The van der Waals surface area contributed by atoms with Gasteiger partial charge in [-0.3, -0.25) is 5.10 Å². The van der Waals surface area contributed by atoms with Crippen molar-refractivity contribution in [3.63, 3.8) is 0 Å². The SMILES string of the molecule is Cc1nc(SCc2nc(N)nc(Nc3ccccc3C)n2)n[nH]1. The summed E-state index contributed by atoms with van der Waals surface area (Å²) in [5.74, 6) is 2.45. The lowest BCUT2D eigenvalue weighted by molar-refractivity contribution is 0.954. The molecule has 0 spiro atoms. The standard InChI is InChI=1S/C14H16N8S/c1-8-5-3-4-6-10(8)17-13-19-11(18-12(15)20-13)7-23-14-16-9(2)21-22-14/h3-6H,7H2,1-2H3,(H,16,21,22)(H3,15,17,18,19,20). The molecule has 3 rings (SSSR count). The van der Waals surface area contributed by atoms with E-state index in [2.05, 4.69) is 35.5 Å². The van der Waals surface area contributed by atoms with Gasteiger partial charge in [0.2, 0.25) is 17.1 Å². The van der Waals surface area contributed by atoms with Gasteiger partial charge in [0.05, 0.1) is 5.75 Å². The third-order valence-corrected chi connectivity index (χ3v) is 3.84. The van der Waals surface area contributed by atoms with Crippen LogP contribution < -0.4 is 11.1 Å². The van der Waals surface area contributed by atoms with E-state index in [9.17, 15) is 0 Å². The van der Waals surface area contributed by atoms with Gasteiger partial charge in [-0.05, 0) is 25.5 Å². The third-order valence-electron chi connectivity index (χ3n) is 3.00. The summed E-state index contributed by atoms with van der Waals surface area (Å²) in [5.41, 5.74) is 7.80. The Kier molecular flexibility index (Phi) is 4.38. The first kappa shape index (κ1) is 15.2. The fourth-order valence-electron chi connectivity index (χ4n) is 1.91. The number of para-hydroxylation sites is 1. The summed E-state index contributed by atoms with van der Waals surface area (Å²) < 4.78 is 0. The number of thioether (sulfide) groups is 1. The van der Waals surface area contributed by atoms with Gasteiger partial charge in [-0.2, -0.15) is 15.0 Å². The smallest absolute Gasteiger partial charge is 0.232 e. The zero-order valence-electron chi connectivity index (χ0n) is 12.7. The van der Waals surface area contributed by atoms with Gasteiger partial charge in [-0.1, -0.05) is 30.0 Å². The number of aromatic amines is 1. The van der Waals surface area contributed by atoms with Crippen LogP contribution in [0, 0.1) is 13.8 Å². The van der Waals surface area contributed by atoms with Crippen molar-refractivity contribution < 1.29 is 0 Å². The number of H-pyrrole nitrogens is 1. The summed E-state index contributed by atoms with van der Waals surface area (Å²) in [6, 6.07) is 7.89. The zero-order chi connectivity index (χ0) is 16.2. The highest BCUT2D eigenvalue weighted by Gasteiger charge is 2.08. The lowest BCUT2D eigenvalue weighted by Gasteiger charge is -2.09. The molecule has 118 valence electrons. The van der Waals surface area contributed by atoms with Gasteiger partial charge >= 0.3 is 0 Å². The van der Waals surface area contributed by atoms with Gasteiger partial charge in [-0.25, -0.2) is 4.98 Å². The minimum atomic E-state index is 0.179. The van der Waals surface area contributed by atoms with Crippen LogP contribution in [0.5, 0.6) is 0 Å². The Balaban J connectivity index is 1.75. The van der Waals surface area contributed by atoms with Crippen LogP contribution in [-0.4, -0.2) is 30.1 Å². The molecule has 0 aliphatic rings. The van der Waals surface area contributed by atoms with Crippen molar-refractivity contribution in [3.8, 4) is 0 Å². The second kappa shape index (κ2) is 6.61. The van der Waals surface area contributed by atoms with Crippen LogP contribution in [0.3, 0.4) is 0 Å². The maximum atomic E-state index is 5.78. The molecule has 0 fully saturated rings. The van der Waals surface area contributed by atoms with Crippen molar-refractivity contribution >= 4 is 29.3 Å². The Hall–Kier alpha value is -2.68. The molecule has 3 aromatic rings. The number of aromatic nitrogens is 6. The number of hydrogen-bond acceptors (Lipinski definition) is 8. The van der Waals surface area contributed by atoms with Gasteiger partial charge in [0.25, 0.3) is 0 Å². The molecular weight excluding hydrogens is 312 g/mol. The number of nitrogens with zero attached hydrogens (tertiary/aromatic N) is 5. The van der Waals surface area contributed by atoms with Crippen LogP contribution in [-0.2, 0) is 5.75 Å². The normalized spacial score (nSPS) is 10.7. The molecule has 0 saturated carbocycles. The van der Waals surface area contributed by atoms with Crippen molar-refractivity contribution in [2.75, 3.05) is 11.1 Å². The molecule has 1 aromatic carbocycles. The molecule has 2 heterocycles. The predicted octanol–water partition coefficient (Wildman–Crippen LogP) is 2.22. The molecule has 8 nitrogen and oxygen atoms in total. The first-order chi connectivity index (χ1) is 11.1. The minimum Gasteiger partial charge on any atom is -0.368 e. The number of nitrogens with one attached hydrogen (secondary N) is 2. The second-order valence-corrected chi connectivity index (χ2v) is 5.81. The van der Waals surface area contributed by atoms with Crippen molar-refractivity contribution in [3.05, 3.63) is 41.5 Å². The van der Waals surface area contributed by atoms with E-state index < -0.39 is 0 Å². The van der Waals surface area contributed by atoms with E-state index in [0.29, 0.717) is 22.7 Å². The summed E-state index contributed by atoms with van der Waals surface area (Å²) in [6.07, 6.45) is 0. The zero-order valence-corrected chi connectivity index (χ0v) is 13.6. The number of aryl methyl sites for hydroxylation is 2. The minimum absolute atomic E-state index is 0.179. The van der Waals surface area contributed by atoms with Crippen LogP contribution in [0.1, 0.15) is 17.2 Å². The van der Waals surface area contributed by atoms with Crippen molar-refractivity contribution in [2.24, 2.45) is 0 Å². The van der Waals surface area contributed by atoms with E-state index in [0.717, 1.165) is 17.1 Å². The molecule has 0 aliphatic carbocycles. The predicted molar refractivity (Wildman–Crippen MR) is 89.4 cm³/mol. The monoisotopic (exact) mass is 328 g/mol. The van der Waals surface area contributed by atoms with Gasteiger partial charge in [0, 0.05) is 5.69 Å². The van der Waals surface area contributed by atoms with Crippen molar-refractivity contribution in [1.29, 1.82) is 0 Å². The van der Waals surface area contributed by atoms with Gasteiger partial charge < -0.3 is 11.1 Å². The summed E-state index contributed by atoms with van der Waals surface area (Å²) in [6.45, 7) is 3.86. The number of anilines is 3. The first-order valence-corrected chi connectivity index (χ1v) is 7.93. The number of nitrogen functional groups attached to an aromatic ring is 1. The van der Waals surface area contributed by atoms with E-state index in [1.54, 1.807) is 0 Å². The second-order valence-electron chi connectivity index (χ2n) is 4.87. The highest BCUT2D eigenvalue weighted by molar-refractivity contribution is 7.98. The molecule has 23 heavy (non-hydrogen) atoms. The lowest BCUT2D eigenvalue weighted by atomic mass is 10.2. The Labute approximate surface area is 137 Å². The molecule has 0 unspecified atom stereocenters. The Morgan fingerprint density at radius 2 is 1.96 bits per heavy atom. The molecule has 0 amide bonds. The molecule has 0 radical (unpaired) electrons. The Bertz CT molecular complexity index is 816. The van der Waals surface area contributed by atoms with E-state index >= 15 is 0 Å². The number of hydrogen-bond donors (Lipinski definition) is 3. The Morgan fingerprint density at radius 1 is 1.13 bits per heavy atom. The summed E-state index contributed by atoms with van der Waals surface area (Å²) >= 11 is 1.43. The van der Waals surface area contributed by atoms with E-state index in [1.807, 2.05) is 38.1 Å². The molecular formula is C14H16N8S. The van der Waals surface area contributed by atoms with E-state index in [1.165, 1.54) is 11.8 Å². The van der Waals surface area contributed by atoms with E-state index in [4.69, 9.17) is 5.73 Å². The summed E-state index contributed by atoms with van der Waals surface area (Å²) in [5, 5.41) is 10.7. The summed E-state index contributed by atoms with van der Waals surface area (Å²) in [4.78, 5) is 16.9. The van der Waals surface area contributed by atoms with Crippen molar-refractivity contribution in [2.45, 2.75) is 24.8 Å². The molecule has 0 bridgehead atoms. The molecule has 0 aliphatic heterocycles. The number of benzene rings is 1. The van der Waals surface area contributed by atoms with Crippen molar-refractivity contribution in [1.82, 2.24) is 30.1 Å². The maximum Gasteiger partial charge on any atom is 0.232 e. The van der Waals surface area contributed by atoms with E-state index in [-0.39, 0.29) is 5.95 Å². The van der Waals surface area contributed by atoms with Gasteiger partial charge in [-0.15, -0.1) is 5.10 Å². The molecule has 2 aromatic heterocycles. The van der Waals surface area contributed by atoms with Crippen LogP contribution >= 0.6 is 11.8 Å². The summed E-state index contributed by atoms with van der Waals surface area (Å²) in [7, 11) is 0. The Morgan fingerprint density at radius 3 is 2.70 bits per heavy atom. The highest BCUT2D eigenvalue weighted by atomic mass is 32.2. The van der Waals surface area contributed by atoms with Gasteiger partial charge in [0.1, 0.15) is 11.6 Å². The van der Waals surface area contributed by atoms with Gasteiger partial charge in [0.15, 0.2) is 0 Å². The first-order valence-electron chi connectivity index (χ1n) is 6.95. The molecule has 9 heteroatoms. The molecule has 0 atom stereocenters. The van der Waals surface area contributed by atoms with Crippen LogP contribution in [0.15, 0.2) is 29.4 Å². The average molecular weight is 328 g/mol. The average Bonchev–Trinajstić information content (AvgIpc) is 2.93. The third kappa shape index (κ3) is 3.95. The van der Waals surface area contributed by atoms with Crippen LogP contribution in [0.4, 0.5) is 17.6 Å². The highest BCUT2D eigenvalue weighted by Crippen LogP contribution is 2.20. The fourth-order valence-corrected chi connectivity index (χ4v) is 2.61. The maximum absolute atomic E-state index is 5.78. The number of rotatable bonds is 5. The van der Waals surface area contributed by atoms with Crippen LogP contribution in [0.25, 0.3) is 0 Å². The fraction of sp³-hybridized carbons (Fsp3) is 0.214. The quantitative estimate of drug-likeness (QED) is 0.610. The molecule has 4 N–H and O–H groups in total. The largest absolute Gasteiger partial charge is 0.368 e.